The summed E-state index contributed by atoms with van der Waals surface area (Å²) < 4.78 is 0. The van der Waals surface area contributed by atoms with Crippen LogP contribution in [0.5, 0.6) is 0 Å². The smallest absolute Gasteiger partial charge is 0.139 e. The molecule has 106 valence electrons. The maximum atomic E-state index is 8.42. The van der Waals surface area contributed by atoms with Gasteiger partial charge in [0.25, 0.3) is 0 Å². The standard InChI is InChI=1S/C15H24N2OS/c1-15(2,3)12-7-9-13(10-8-12)19-11-5-4-6-14(16)17-18/h7-10,18H,4-6,11H2,1-3H3,(H2,16,17). The van der Waals surface area contributed by atoms with Crippen LogP contribution in [0.1, 0.15) is 45.6 Å². The zero-order chi connectivity index (χ0) is 14.3. The van der Waals surface area contributed by atoms with E-state index in [4.69, 9.17) is 10.9 Å². The van der Waals surface area contributed by atoms with Crippen LogP contribution in [0.15, 0.2) is 34.3 Å². The Balaban J connectivity index is 2.31. The number of nitrogens with two attached hydrogens (primary N) is 1. The highest BCUT2D eigenvalue weighted by atomic mass is 32.2. The maximum absolute atomic E-state index is 8.42. The summed E-state index contributed by atoms with van der Waals surface area (Å²) in [6.45, 7) is 6.67. The molecular formula is C15H24N2OS. The van der Waals surface area contributed by atoms with Gasteiger partial charge in [0.15, 0.2) is 0 Å². The summed E-state index contributed by atoms with van der Waals surface area (Å²) in [5, 5.41) is 11.4. The third kappa shape index (κ3) is 6.01. The lowest BCUT2D eigenvalue weighted by Crippen LogP contribution is -2.10. The van der Waals surface area contributed by atoms with Gasteiger partial charge in [-0.1, -0.05) is 38.1 Å². The predicted octanol–water partition coefficient (Wildman–Crippen LogP) is 3.99. The van der Waals surface area contributed by atoms with E-state index in [2.05, 4.69) is 50.2 Å². The highest BCUT2D eigenvalue weighted by Gasteiger charge is 2.12. The van der Waals surface area contributed by atoms with E-state index in [1.54, 1.807) is 0 Å². The Morgan fingerprint density at radius 1 is 1.21 bits per heavy atom. The Morgan fingerprint density at radius 2 is 1.84 bits per heavy atom. The number of hydrogen-bond acceptors (Lipinski definition) is 3. The summed E-state index contributed by atoms with van der Waals surface area (Å²) in [6.07, 6.45) is 2.70. The molecule has 0 amide bonds. The van der Waals surface area contributed by atoms with Gasteiger partial charge >= 0.3 is 0 Å². The van der Waals surface area contributed by atoms with Crippen molar-refractivity contribution in [2.24, 2.45) is 10.9 Å². The van der Waals surface area contributed by atoms with Crippen molar-refractivity contribution in [1.29, 1.82) is 0 Å². The van der Waals surface area contributed by atoms with Crippen molar-refractivity contribution in [3.63, 3.8) is 0 Å². The Labute approximate surface area is 120 Å². The minimum atomic E-state index is 0.213. The molecule has 0 unspecified atom stereocenters. The zero-order valence-corrected chi connectivity index (χ0v) is 12.8. The van der Waals surface area contributed by atoms with Crippen molar-refractivity contribution in [3.8, 4) is 0 Å². The van der Waals surface area contributed by atoms with Gasteiger partial charge in [0.05, 0.1) is 0 Å². The van der Waals surface area contributed by atoms with Crippen molar-refractivity contribution >= 4 is 17.6 Å². The van der Waals surface area contributed by atoms with Crippen LogP contribution in [-0.2, 0) is 5.41 Å². The van der Waals surface area contributed by atoms with Crippen LogP contribution in [-0.4, -0.2) is 16.8 Å². The molecule has 0 saturated heterocycles. The first-order valence-corrected chi connectivity index (χ1v) is 7.62. The second kappa shape index (κ2) is 7.43. The van der Waals surface area contributed by atoms with Crippen molar-refractivity contribution in [1.82, 2.24) is 0 Å². The normalized spacial score (nSPS) is 12.7. The SMILES string of the molecule is CC(C)(C)c1ccc(SCCCC/C(N)=N/O)cc1. The summed E-state index contributed by atoms with van der Waals surface area (Å²) in [4.78, 5) is 1.30. The van der Waals surface area contributed by atoms with Crippen molar-refractivity contribution < 1.29 is 5.21 Å². The topological polar surface area (TPSA) is 58.6 Å². The monoisotopic (exact) mass is 280 g/mol. The Bertz CT molecular complexity index is 407. The van der Waals surface area contributed by atoms with E-state index in [1.165, 1.54) is 10.5 Å². The molecule has 0 aliphatic heterocycles. The van der Waals surface area contributed by atoms with Crippen LogP contribution in [0.3, 0.4) is 0 Å². The van der Waals surface area contributed by atoms with Gasteiger partial charge in [-0.2, -0.15) is 0 Å². The molecule has 1 aromatic rings. The lowest BCUT2D eigenvalue weighted by atomic mass is 9.87. The van der Waals surface area contributed by atoms with Crippen molar-refractivity contribution in [2.75, 3.05) is 5.75 Å². The number of thioether (sulfide) groups is 1. The molecule has 3 N–H and O–H groups in total. The summed E-state index contributed by atoms with van der Waals surface area (Å²) in [5.41, 5.74) is 6.99. The molecule has 0 aliphatic carbocycles. The number of oxime groups is 1. The van der Waals surface area contributed by atoms with E-state index >= 15 is 0 Å². The largest absolute Gasteiger partial charge is 0.409 e. The molecule has 19 heavy (non-hydrogen) atoms. The highest BCUT2D eigenvalue weighted by molar-refractivity contribution is 7.99. The molecule has 0 aromatic heterocycles. The van der Waals surface area contributed by atoms with E-state index in [9.17, 15) is 0 Å². The summed E-state index contributed by atoms with van der Waals surface area (Å²) in [6, 6.07) is 8.79. The summed E-state index contributed by atoms with van der Waals surface area (Å²) in [7, 11) is 0. The van der Waals surface area contributed by atoms with E-state index in [0.717, 1.165) is 18.6 Å². The second-order valence-electron chi connectivity index (χ2n) is 5.67. The van der Waals surface area contributed by atoms with E-state index in [1.807, 2.05) is 11.8 Å². The molecule has 1 aromatic carbocycles. The van der Waals surface area contributed by atoms with E-state index < -0.39 is 0 Å². The molecular weight excluding hydrogens is 256 g/mol. The van der Waals surface area contributed by atoms with E-state index in [-0.39, 0.29) is 5.41 Å². The number of nitrogens with zero attached hydrogens (tertiary/aromatic N) is 1. The van der Waals surface area contributed by atoms with Crippen molar-refractivity contribution in [3.05, 3.63) is 29.8 Å². The number of hydrogen-bond donors (Lipinski definition) is 2. The fourth-order valence-corrected chi connectivity index (χ4v) is 2.61. The fraction of sp³-hybridized carbons (Fsp3) is 0.533. The molecule has 0 saturated carbocycles. The molecule has 3 nitrogen and oxygen atoms in total. The first-order chi connectivity index (χ1) is 8.93. The predicted molar refractivity (Wildman–Crippen MR) is 83.1 cm³/mol. The van der Waals surface area contributed by atoms with Crippen LogP contribution in [0.4, 0.5) is 0 Å². The number of unbranched alkanes of at least 4 members (excludes halogenated alkanes) is 1. The van der Waals surface area contributed by atoms with Gasteiger partial charge in [0.1, 0.15) is 5.84 Å². The second-order valence-corrected chi connectivity index (χ2v) is 6.84. The first-order valence-electron chi connectivity index (χ1n) is 6.63. The lowest BCUT2D eigenvalue weighted by Gasteiger charge is -2.19. The van der Waals surface area contributed by atoms with Crippen LogP contribution in [0, 0.1) is 0 Å². The van der Waals surface area contributed by atoms with Gasteiger partial charge in [0.2, 0.25) is 0 Å². The molecule has 1 rings (SSSR count). The van der Waals surface area contributed by atoms with E-state index in [0.29, 0.717) is 12.3 Å². The highest BCUT2D eigenvalue weighted by Crippen LogP contribution is 2.26. The zero-order valence-electron chi connectivity index (χ0n) is 12.0. The molecule has 0 bridgehead atoms. The minimum absolute atomic E-state index is 0.213. The van der Waals surface area contributed by atoms with Crippen LogP contribution in [0.25, 0.3) is 0 Å². The summed E-state index contributed by atoms with van der Waals surface area (Å²) in [5.74, 6) is 1.38. The molecule has 0 spiro atoms. The lowest BCUT2D eigenvalue weighted by molar-refractivity contribution is 0.316. The van der Waals surface area contributed by atoms with Gasteiger partial charge in [-0.05, 0) is 41.7 Å². The van der Waals surface area contributed by atoms with Crippen molar-refractivity contribution in [2.45, 2.75) is 50.3 Å². The molecule has 4 heteroatoms. The third-order valence-electron chi connectivity index (χ3n) is 2.94. The van der Waals surface area contributed by atoms with Crippen LogP contribution in [0.2, 0.25) is 0 Å². The number of benzene rings is 1. The van der Waals surface area contributed by atoms with Gasteiger partial charge in [0, 0.05) is 11.3 Å². The Kier molecular flexibility index (Phi) is 6.22. The molecule has 0 atom stereocenters. The molecule has 0 aliphatic rings. The third-order valence-corrected chi connectivity index (χ3v) is 4.04. The molecule has 0 radical (unpaired) electrons. The quantitative estimate of drug-likeness (QED) is 0.207. The minimum Gasteiger partial charge on any atom is -0.409 e. The first kappa shape index (κ1) is 15.9. The number of rotatable bonds is 6. The Morgan fingerprint density at radius 3 is 2.37 bits per heavy atom. The van der Waals surface area contributed by atoms with Gasteiger partial charge in [-0.25, -0.2) is 0 Å². The maximum Gasteiger partial charge on any atom is 0.139 e. The summed E-state index contributed by atoms with van der Waals surface area (Å²) >= 11 is 1.86. The van der Waals surface area contributed by atoms with Gasteiger partial charge < -0.3 is 10.9 Å². The van der Waals surface area contributed by atoms with Crippen LogP contribution < -0.4 is 5.73 Å². The average molecular weight is 280 g/mol. The molecule has 0 heterocycles. The van der Waals surface area contributed by atoms with Crippen LogP contribution >= 0.6 is 11.8 Å². The fourth-order valence-electron chi connectivity index (χ4n) is 1.70. The molecule has 0 fully saturated rings. The average Bonchev–Trinajstić information content (AvgIpc) is 2.37. The van der Waals surface area contributed by atoms with Gasteiger partial charge in [-0.15, -0.1) is 11.8 Å². The Hall–Kier alpha value is -1.16. The number of amidine groups is 1. The van der Waals surface area contributed by atoms with Gasteiger partial charge in [-0.3, -0.25) is 0 Å².